The summed E-state index contributed by atoms with van der Waals surface area (Å²) in [6, 6.07) is 13.0. The Hall–Kier alpha value is -3.35. The van der Waals surface area contributed by atoms with Crippen molar-refractivity contribution < 1.29 is 14.3 Å². The third kappa shape index (κ3) is 4.77. The fraction of sp³-hybridized carbons (Fsp3) is 0.400. The van der Waals surface area contributed by atoms with Gasteiger partial charge in [-0.2, -0.15) is 0 Å². The third-order valence-corrected chi connectivity index (χ3v) is 6.20. The summed E-state index contributed by atoms with van der Waals surface area (Å²) in [5, 5.41) is 6.00. The summed E-state index contributed by atoms with van der Waals surface area (Å²) in [4.78, 5) is 29.8. The van der Waals surface area contributed by atoms with E-state index in [1.165, 1.54) is 6.42 Å². The monoisotopic (exact) mass is 434 g/mol. The highest BCUT2D eigenvalue weighted by Crippen LogP contribution is 2.26. The van der Waals surface area contributed by atoms with Gasteiger partial charge < -0.3 is 19.9 Å². The number of imidazole rings is 1. The highest BCUT2D eigenvalue weighted by molar-refractivity contribution is 5.97. The van der Waals surface area contributed by atoms with Crippen molar-refractivity contribution in [3.05, 3.63) is 53.9 Å². The molecule has 1 aromatic heterocycles. The first kappa shape index (κ1) is 21.9. The predicted molar refractivity (Wildman–Crippen MR) is 125 cm³/mol. The van der Waals surface area contributed by atoms with Crippen LogP contribution in [0.4, 0.5) is 5.69 Å². The molecule has 0 spiro atoms. The van der Waals surface area contributed by atoms with Crippen LogP contribution in [-0.2, 0) is 18.3 Å². The number of carbonyl (C=O) groups is 2. The Morgan fingerprint density at radius 2 is 1.91 bits per heavy atom. The fourth-order valence-electron chi connectivity index (χ4n) is 4.38. The lowest BCUT2D eigenvalue weighted by Gasteiger charge is -2.20. The van der Waals surface area contributed by atoms with Gasteiger partial charge in [-0.1, -0.05) is 31.4 Å². The second kappa shape index (κ2) is 9.85. The van der Waals surface area contributed by atoms with Crippen LogP contribution in [0.3, 0.4) is 0 Å². The number of aryl methyl sites for hydroxylation is 1. The van der Waals surface area contributed by atoms with E-state index in [-0.39, 0.29) is 17.7 Å². The van der Waals surface area contributed by atoms with Crippen LogP contribution in [-0.4, -0.2) is 35.0 Å². The normalized spacial score (nSPS) is 14.3. The van der Waals surface area contributed by atoms with Gasteiger partial charge in [0.15, 0.2) is 0 Å². The number of hydrogen-bond donors (Lipinski definition) is 2. The van der Waals surface area contributed by atoms with E-state index in [1.807, 2.05) is 41.9 Å². The lowest BCUT2D eigenvalue weighted by molar-refractivity contribution is -0.120. The number of ether oxygens (including phenoxy) is 1. The smallest absolute Gasteiger partial charge is 0.255 e. The van der Waals surface area contributed by atoms with Crippen LogP contribution in [0.15, 0.2) is 42.5 Å². The fourth-order valence-corrected chi connectivity index (χ4v) is 4.38. The van der Waals surface area contributed by atoms with Crippen molar-refractivity contribution in [1.29, 1.82) is 0 Å². The molecular formula is C25H30N4O3. The van der Waals surface area contributed by atoms with Crippen LogP contribution in [0.2, 0.25) is 0 Å². The van der Waals surface area contributed by atoms with Gasteiger partial charge in [-0.25, -0.2) is 4.98 Å². The second-order valence-electron chi connectivity index (χ2n) is 8.32. The first-order chi connectivity index (χ1) is 15.6. The van der Waals surface area contributed by atoms with Crippen molar-refractivity contribution in [2.45, 2.75) is 38.5 Å². The predicted octanol–water partition coefficient (Wildman–Crippen LogP) is 4.07. The van der Waals surface area contributed by atoms with Gasteiger partial charge >= 0.3 is 0 Å². The number of carbonyl (C=O) groups excluding carboxylic acids is 2. The molecule has 1 aliphatic rings. The maximum absolute atomic E-state index is 12.6. The van der Waals surface area contributed by atoms with E-state index >= 15 is 0 Å². The van der Waals surface area contributed by atoms with E-state index < -0.39 is 0 Å². The van der Waals surface area contributed by atoms with Crippen molar-refractivity contribution in [2.24, 2.45) is 13.0 Å². The largest absolute Gasteiger partial charge is 0.496 e. The summed E-state index contributed by atoms with van der Waals surface area (Å²) in [7, 11) is 3.52. The average molecular weight is 435 g/mol. The standard InChI is InChI=1S/C25H30N4O3/c1-29-21-13-12-18(27-24(30)17-8-4-3-5-9-17)16-20(21)28-23(29)14-15-26-25(31)19-10-6-7-11-22(19)32-2/h6-7,10-13,16-17H,3-5,8-9,14-15H2,1-2H3,(H,26,31)(H,27,30). The van der Waals surface area contributed by atoms with Gasteiger partial charge in [0.2, 0.25) is 5.91 Å². The minimum Gasteiger partial charge on any atom is -0.496 e. The molecule has 1 heterocycles. The van der Waals surface area contributed by atoms with Gasteiger partial charge in [0, 0.05) is 31.6 Å². The molecule has 0 aliphatic heterocycles. The number of para-hydroxylation sites is 1. The number of nitrogens with one attached hydrogen (secondary N) is 2. The summed E-state index contributed by atoms with van der Waals surface area (Å²) >= 11 is 0. The molecule has 2 aromatic carbocycles. The highest BCUT2D eigenvalue weighted by atomic mass is 16.5. The van der Waals surface area contributed by atoms with E-state index in [2.05, 4.69) is 10.6 Å². The number of anilines is 1. The Morgan fingerprint density at radius 3 is 2.69 bits per heavy atom. The van der Waals surface area contributed by atoms with Crippen LogP contribution in [0.1, 0.15) is 48.3 Å². The number of amides is 2. The Kier molecular flexibility index (Phi) is 6.73. The number of rotatable bonds is 7. The van der Waals surface area contributed by atoms with Crippen LogP contribution >= 0.6 is 0 Å². The maximum Gasteiger partial charge on any atom is 0.255 e. The van der Waals surface area contributed by atoms with Gasteiger partial charge in [-0.15, -0.1) is 0 Å². The number of benzene rings is 2. The van der Waals surface area contributed by atoms with Crippen LogP contribution in [0, 0.1) is 5.92 Å². The van der Waals surface area contributed by atoms with Crippen LogP contribution in [0.5, 0.6) is 5.75 Å². The first-order valence-electron chi connectivity index (χ1n) is 11.2. The molecule has 0 saturated heterocycles. The van der Waals surface area contributed by atoms with Gasteiger partial charge in [-0.3, -0.25) is 9.59 Å². The molecule has 4 rings (SSSR count). The Labute approximate surface area is 188 Å². The minimum absolute atomic E-state index is 0.110. The lowest BCUT2D eigenvalue weighted by atomic mass is 9.88. The van der Waals surface area contributed by atoms with Crippen molar-refractivity contribution in [2.75, 3.05) is 19.0 Å². The summed E-state index contributed by atoms with van der Waals surface area (Å²) in [5.74, 6) is 1.48. The summed E-state index contributed by atoms with van der Waals surface area (Å²) in [6.45, 7) is 0.458. The van der Waals surface area contributed by atoms with E-state index in [0.29, 0.717) is 24.3 Å². The SMILES string of the molecule is COc1ccccc1C(=O)NCCc1nc2cc(NC(=O)C3CCCCC3)ccc2n1C. The molecule has 2 amide bonds. The van der Waals surface area contributed by atoms with E-state index in [4.69, 9.17) is 9.72 Å². The Morgan fingerprint density at radius 1 is 1.12 bits per heavy atom. The molecule has 7 nitrogen and oxygen atoms in total. The van der Waals surface area contributed by atoms with Gasteiger partial charge in [0.25, 0.3) is 5.91 Å². The molecule has 3 aromatic rings. The van der Waals surface area contributed by atoms with Gasteiger partial charge in [0.1, 0.15) is 11.6 Å². The highest BCUT2D eigenvalue weighted by Gasteiger charge is 2.21. The number of aromatic nitrogens is 2. The maximum atomic E-state index is 12.6. The Balaban J connectivity index is 1.39. The zero-order chi connectivity index (χ0) is 22.5. The molecule has 0 radical (unpaired) electrons. The average Bonchev–Trinajstić information content (AvgIpc) is 3.14. The molecule has 168 valence electrons. The third-order valence-electron chi connectivity index (χ3n) is 6.20. The van der Waals surface area contributed by atoms with Crippen molar-refractivity contribution in [3.8, 4) is 5.75 Å². The topological polar surface area (TPSA) is 85.2 Å². The molecule has 0 bridgehead atoms. The number of fused-ring (bicyclic) bond motifs is 1. The Bertz CT molecular complexity index is 1120. The molecule has 1 aliphatic carbocycles. The quantitative estimate of drug-likeness (QED) is 0.587. The van der Waals surface area contributed by atoms with Gasteiger partial charge in [-0.05, 0) is 43.2 Å². The molecule has 2 N–H and O–H groups in total. The minimum atomic E-state index is -0.172. The van der Waals surface area contributed by atoms with Crippen molar-refractivity contribution in [3.63, 3.8) is 0 Å². The molecule has 32 heavy (non-hydrogen) atoms. The van der Waals surface area contributed by atoms with Gasteiger partial charge in [0.05, 0.1) is 23.7 Å². The van der Waals surface area contributed by atoms with E-state index in [0.717, 1.165) is 48.2 Å². The molecule has 1 fully saturated rings. The molecule has 1 saturated carbocycles. The number of nitrogens with zero attached hydrogens (tertiary/aromatic N) is 2. The zero-order valence-electron chi connectivity index (χ0n) is 18.7. The second-order valence-corrected chi connectivity index (χ2v) is 8.32. The zero-order valence-corrected chi connectivity index (χ0v) is 18.7. The summed E-state index contributed by atoms with van der Waals surface area (Å²) in [5.41, 5.74) is 3.12. The summed E-state index contributed by atoms with van der Waals surface area (Å²) in [6.07, 6.45) is 6.04. The number of methoxy groups -OCH3 is 1. The van der Waals surface area contributed by atoms with E-state index in [9.17, 15) is 9.59 Å². The first-order valence-corrected chi connectivity index (χ1v) is 11.2. The summed E-state index contributed by atoms with van der Waals surface area (Å²) < 4.78 is 7.29. The molecule has 7 heteroatoms. The molecule has 0 unspecified atom stereocenters. The number of hydrogen-bond acceptors (Lipinski definition) is 4. The van der Waals surface area contributed by atoms with E-state index in [1.54, 1.807) is 19.2 Å². The lowest BCUT2D eigenvalue weighted by Crippen LogP contribution is -2.26. The molecular weight excluding hydrogens is 404 g/mol. The van der Waals surface area contributed by atoms with Crippen molar-refractivity contribution in [1.82, 2.24) is 14.9 Å². The van der Waals surface area contributed by atoms with Crippen molar-refractivity contribution >= 4 is 28.5 Å². The van der Waals surface area contributed by atoms with Crippen LogP contribution in [0.25, 0.3) is 11.0 Å². The molecule has 0 atom stereocenters. The van der Waals surface area contributed by atoms with Crippen LogP contribution < -0.4 is 15.4 Å².